The maximum Gasteiger partial charge on any atom is 0.302 e. The van der Waals surface area contributed by atoms with Gasteiger partial charge in [-0.2, -0.15) is 0 Å². The third-order valence-corrected chi connectivity index (χ3v) is 12.6. The second-order valence-electron chi connectivity index (χ2n) is 14.2. The molecule has 194 valence electrons. The molecule has 0 unspecified atom stereocenters. The van der Waals surface area contributed by atoms with Gasteiger partial charge >= 0.3 is 5.97 Å². The van der Waals surface area contributed by atoms with Gasteiger partial charge in [0, 0.05) is 18.8 Å². The molecule has 4 aliphatic carbocycles. The zero-order valence-electron chi connectivity index (χ0n) is 23.2. The van der Waals surface area contributed by atoms with E-state index in [-0.39, 0.29) is 23.1 Å². The second-order valence-corrected chi connectivity index (χ2v) is 14.2. The van der Waals surface area contributed by atoms with Crippen LogP contribution in [0.5, 0.6) is 0 Å². The minimum absolute atomic E-state index is 0.00240. The summed E-state index contributed by atoms with van der Waals surface area (Å²) in [5, 5.41) is 0. The minimum atomic E-state index is -0.130. The summed E-state index contributed by atoms with van der Waals surface area (Å²) in [6, 6.07) is 0. The normalized spacial score (nSPS) is 48.8. The van der Waals surface area contributed by atoms with Gasteiger partial charge in [0.1, 0.15) is 11.7 Å². The molecule has 1 heterocycles. The number of ether oxygens (including phenoxy) is 2. The smallest absolute Gasteiger partial charge is 0.302 e. The fourth-order valence-electron chi connectivity index (χ4n) is 10.6. The molecule has 0 aromatic carbocycles. The average molecular weight is 473 g/mol. The van der Waals surface area contributed by atoms with Gasteiger partial charge in [0.2, 0.25) is 0 Å². The molecule has 4 saturated carbocycles. The molecule has 11 atom stereocenters. The van der Waals surface area contributed by atoms with Crippen LogP contribution in [0.3, 0.4) is 0 Å². The molecule has 0 aromatic rings. The first kappa shape index (κ1) is 25.1. The first-order valence-electron chi connectivity index (χ1n) is 14.9. The maximum absolute atomic E-state index is 11.6. The first-order valence-corrected chi connectivity index (χ1v) is 14.9. The van der Waals surface area contributed by atoms with E-state index in [1.165, 1.54) is 57.8 Å². The minimum Gasteiger partial charge on any atom is -0.462 e. The van der Waals surface area contributed by atoms with Crippen LogP contribution >= 0.6 is 0 Å². The zero-order chi connectivity index (χ0) is 24.5. The van der Waals surface area contributed by atoms with Crippen LogP contribution in [-0.2, 0) is 14.3 Å². The number of rotatable bonds is 7. The van der Waals surface area contributed by atoms with Crippen molar-refractivity contribution in [1.29, 1.82) is 0 Å². The van der Waals surface area contributed by atoms with Crippen molar-refractivity contribution in [2.45, 2.75) is 137 Å². The molecule has 0 bridgehead atoms. The Bertz CT molecular complexity index is 777. The highest BCUT2D eigenvalue weighted by Crippen LogP contribution is 2.74. The van der Waals surface area contributed by atoms with E-state index in [4.69, 9.17) is 9.47 Å². The maximum atomic E-state index is 11.6. The van der Waals surface area contributed by atoms with Gasteiger partial charge in [-0.3, -0.25) is 4.79 Å². The van der Waals surface area contributed by atoms with Gasteiger partial charge < -0.3 is 9.47 Å². The average Bonchev–Trinajstić information content (AvgIpc) is 3.34. The molecule has 0 radical (unpaired) electrons. The lowest BCUT2D eigenvalue weighted by Gasteiger charge is -2.59. The lowest BCUT2D eigenvalue weighted by Crippen LogP contribution is -2.59. The second kappa shape index (κ2) is 8.77. The summed E-state index contributed by atoms with van der Waals surface area (Å²) < 4.78 is 12.3. The van der Waals surface area contributed by atoms with Crippen LogP contribution in [0.1, 0.15) is 119 Å². The summed E-state index contributed by atoms with van der Waals surface area (Å²) in [6.07, 6.45) is 14.7. The Hall–Kier alpha value is -0.570. The molecule has 1 aliphatic heterocycles. The number of carbonyl (C=O) groups excluding carboxylic acids is 1. The molecule has 0 amide bonds. The third kappa shape index (κ3) is 3.72. The molecular weight excluding hydrogens is 420 g/mol. The molecule has 3 heteroatoms. The Labute approximate surface area is 209 Å². The van der Waals surface area contributed by atoms with E-state index < -0.39 is 0 Å². The van der Waals surface area contributed by atoms with Crippen LogP contribution in [-0.4, -0.2) is 23.8 Å². The standard InChI is InChI=1S/C31H52O3/c1-8-22(19(2)3)10-9-20(4)25-11-12-26-24-17-28-31(34-28)18-23(33-21(5)32)13-16-30(31,7)27(24)14-15-29(25,26)6/h19-20,22-28H,8-18H2,1-7H3/t20-,22-,23+,24+,25-,26+,27+,28+,29-,30-,31+/m1/s1. The fourth-order valence-corrected chi connectivity index (χ4v) is 10.6. The van der Waals surface area contributed by atoms with Gasteiger partial charge in [-0.1, -0.05) is 54.4 Å². The molecule has 1 saturated heterocycles. The SMILES string of the molecule is CC[C@H](CC[C@@H](C)[C@H]1CC[C@H]2[C@@H]3C[C@@H]4O[C@@]45C[C@@H](OC(C)=O)CC[C@]5(C)[C@H]3CC[C@]12C)C(C)C. The summed E-state index contributed by atoms with van der Waals surface area (Å²) in [4.78, 5) is 11.6. The van der Waals surface area contributed by atoms with Crippen LogP contribution in [0.15, 0.2) is 0 Å². The largest absolute Gasteiger partial charge is 0.462 e. The van der Waals surface area contributed by atoms with E-state index in [2.05, 4.69) is 41.5 Å². The number of carbonyl (C=O) groups is 1. The van der Waals surface area contributed by atoms with Gasteiger partial charge in [-0.15, -0.1) is 0 Å². The number of hydrogen-bond acceptors (Lipinski definition) is 3. The summed E-state index contributed by atoms with van der Waals surface area (Å²) in [5.74, 6) is 5.86. The van der Waals surface area contributed by atoms with Crippen molar-refractivity contribution in [2.24, 2.45) is 52.3 Å². The number of fused-ring (bicyclic) bond motifs is 4. The van der Waals surface area contributed by atoms with Crippen LogP contribution in [0.25, 0.3) is 0 Å². The van der Waals surface area contributed by atoms with E-state index >= 15 is 0 Å². The van der Waals surface area contributed by atoms with Crippen molar-refractivity contribution in [3.63, 3.8) is 0 Å². The Morgan fingerprint density at radius 1 is 1.03 bits per heavy atom. The highest BCUT2D eigenvalue weighted by molar-refractivity contribution is 5.66. The highest BCUT2D eigenvalue weighted by atomic mass is 16.6. The Balaban J connectivity index is 1.29. The summed E-state index contributed by atoms with van der Waals surface area (Å²) in [7, 11) is 0. The van der Waals surface area contributed by atoms with Gasteiger partial charge in [0.15, 0.2) is 0 Å². The van der Waals surface area contributed by atoms with Crippen LogP contribution in [0.4, 0.5) is 0 Å². The van der Waals surface area contributed by atoms with Crippen LogP contribution in [0.2, 0.25) is 0 Å². The van der Waals surface area contributed by atoms with Crippen molar-refractivity contribution in [3.8, 4) is 0 Å². The fraction of sp³-hybridized carbons (Fsp3) is 0.968. The summed E-state index contributed by atoms with van der Waals surface area (Å²) in [6.45, 7) is 16.6. The Morgan fingerprint density at radius 3 is 2.47 bits per heavy atom. The number of epoxide rings is 1. The quantitative estimate of drug-likeness (QED) is 0.280. The summed E-state index contributed by atoms with van der Waals surface area (Å²) >= 11 is 0. The highest BCUT2D eigenvalue weighted by Gasteiger charge is 2.76. The number of hydrogen-bond donors (Lipinski definition) is 0. The van der Waals surface area contributed by atoms with Crippen LogP contribution in [0, 0.1) is 52.3 Å². The predicted molar refractivity (Wildman–Crippen MR) is 137 cm³/mol. The molecule has 0 aromatic heterocycles. The van der Waals surface area contributed by atoms with E-state index in [1.807, 2.05) is 0 Å². The van der Waals surface area contributed by atoms with Gasteiger partial charge in [0.05, 0.1) is 6.10 Å². The molecule has 5 rings (SSSR count). The van der Waals surface area contributed by atoms with E-state index in [1.54, 1.807) is 6.92 Å². The molecule has 1 spiro atoms. The predicted octanol–water partition coefficient (Wildman–Crippen LogP) is 7.81. The van der Waals surface area contributed by atoms with Gasteiger partial charge in [-0.05, 0) is 98.2 Å². The van der Waals surface area contributed by atoms with Crippen molar-refractivity contribution >= 4 is 5.97 Å². The Kier molecular flexibility index (Phi) is 6.48. The van der Waals surface area contributed by atoms with Crippen molar-refractivity contribution in [2.75, 3.05) is 0 Å². The van der Waals surface area contributed by atoms with Crippen molar-refractivity contribution in [1.82, 2.24) is 0 Å². The van der Waals surface area contributed by atoms with E-state index in [9.17, 15) is 4.79 Å². The van der Waals surface area contributed by atoms with Gasteiger partial charge in [-0.25, -0.2) is 0 Å². The van der Waals surface area contributed by atoms with E-state index in [0.29, 0.717) is 11.5 Å². The summed E-state index contributed by atoms with van der Waals surface area (Å²) in [5.41, 5.74) is 0.797. The molecule has 34 heavy (non-hydrogen) atoms. The molecule has 5 aliphatic rings. The zero-order valence-corrected chi connectivity index (χ0v) is 23.2. The molecule has 3 nitrogen and oxygen atoms in total. The van der Waals surface area contributed by atoms with Crippen molar-refractivity contribution in [3.05, 3.63) is 0 Å². The number of esters is 1. The molecule has 0 N–H and O–H groups in total. The topological polar surface area (TPSA) is 38.8 Å². The molecule has 5 fully saturated rings. The van der Waals surface area contributed by atoms with Crippen LogP contribution < -0.4 is 0 Å². The lowest BCUT2D eigenvalue weighted by atomic mass is 9.44. The van der Waals surface area contributed by atoms with Crippen molar-refractivity contribution < 1.29 is 14.3 Å². The van der Waals surface area contributed by atoms with Gasteiger partial charge in [0.25, 0.3) is 0 Å². The lowest BCUT2D eigenvalue weighted by molar-refractivity contribution is -0.157. The third-order valence-electron chi connectivity index (χ3n) is 12.6. The first-order chi connectivity index (χ1) is 16.1. The van der Waals surface area contributed by atoms with E-state index in [0.717, 1.165) is 54.3 Å². The molecular formula is C31H52O3. The Morgan fingerprint density at radius 2 is 1.79 bits per heavy atom. The monoisotopic (exact) mass is 472 g/mol.